The van der Waals surface area contributed by atoms with E-state index in [0.717, 1.165) is 58.6 Å². The number of rotatable bonds is 3. The number of aromatic amines is 1. The van der Waals surface area contributed by atoms with Crippen molar-refractivity contribution >= 4 is 22.6 Å². The number of nitrogens with zero attached hydrogens (tertiary/aromatic N) is 4. The summed E-state index contributed by atoms with van der Waals surface area (Å²) in [4.78, 5) is 21.5. The number of carbonyl (C=O) groups is 1. The summed E-state index contributed by atoms with van der Waals surface area (Å²) in [5.74, 6) is 0. The van der Waals surface area contributed by atoms with Crippen molar-refractivity contribution in [3.05, 3.63) is 41.7 Å². The maximum atomic E-state index is 12.8. The van der Waals surface area contributed by atoms with Crippen LogP contribution in [-0.4, -0.2) is 56.2 Å². The SMILES string of the molecule is Cc1cc(-c2n[nH]c3cc4c(cc23)CN([C@H]2CCN(C(C)C)C2)C(=O)N4)ccn1. The zero-order chi connectivity index (χ0) is 20.1. The Morgan fingerprint density at radius 1 is 1.24 bits per heavy atom. The van der Waals surface area contributed by atoms with E-state index in [2.05, 4.69) is 45.3 Å². The fourth-order valence-electron chi connectivity index (χ4n) is 4.50. The van der Waals surface area contributed by atoms with Crippen LogP contribution in [0.15, 0.2) is 30.5 Å². The molecule has 0 spiro atoms. The summed E-state index contributed by atoms with van der Waals surface area (Å²) in [5, 5.41) is 11.8. The van der Waals surface area contributed by atoms with Gasteiger partial charge >= 0.3 is 6.03 Å². The highest BCUT2D eigenvalue weighted by molar-refractivity contribution is 6.00. The van der Waals surface area contributed by atoms with Crippen molar-refractivity contribution in [2.45, 2.75) is 45.8 Å². The molecule has 4 heterocycles. The minimum absolute atomic E-state index is 0.00282. The molecule has 7 heteroatoms. The number of urea groups is 1. The molecular formula is C22H26N6O. The zero-order valence-electron chi connectivity index (χ0n) is 17.1. The number of carbonyl (C=O) groups excluding carboxylic acids is 1. The first-order valence-corrected chi connectivity index (χ1v) is 10.3. The second-order valence-electron chi connectivity index (χ2n) is 8.40. The predicted molar refractivity (Wildman–Crippen MR) is 114 cm³/mol. The van der Waals surface area contributed by atoms with E-state index in [1.54, 1.807) is 0 Å². The summed E-state index contributed by atoms with van der Waals surface area (Å²) < 4.78 is 0. The van der Waals surface area contributed by atoms with Gasteiger partial charge in [-0.3, -0.25) is 15.0 Å². The third kappa shape index (κ3) is 3.15. The zero-order valence-corrected chi connectivity index (χ0v) is 17.1. The molecule has 2 amide bonds. The molecule has 0 unspecified atom stereocenters. The number of H-pyrrole nitrogens is 1. The van der Waals surface area contributed by atoms with Crippen molar-refractivity contribution in [1.29, 1.82) is 0 Å². The van der Waals surface area contributed by atoms with Crippen LogP contribution in [0.2, 0.25) is 0 Å². The van der Waals surface area contributed by atoms with Crippen LogP contribution in [-0.2, 0) is 6.54 Å². The Kier molecular flexibility index (Phi) is 4.28. The van der Waals surface area contributed by atoms with Crippen LogP contribution in [0.25, 0.3) is 22.2 Å². The molecule has 2 aliphatic rings. The van der Waals surface area contributed by atoms with Crippen molar-refractivity contribution in [3.8, 4) is 11.3 Å². The Balaban J connectivity index is 1.49. The van der Waals surface area contributed by atoms with Gasteiger partial charge in [-0.1, -0.05) is 0 Å². The van der Waals surface area contributed by atoms with Crippen LogP contribution in [0.1, 0.15) is 31.5 Å². The Hall–Kier alpha value is -2.93. The average Bonchev–Trinajstić information content (AvgIpc) is 3.33. The van der Waals surface area contributed by atoms with Crippen LogP contribution >= 0.6 is 0 Å². The molecule has 0 radical (unpaired) electrons. The Bertz CT molecular complexity index is 1090. The number of benzene rings is 1. The lowest BCUT2D eigenvalue weighted by atomic mass is 10.0. The number of hydrogen-bond donors (Lipinski definition) is 2. The van der Waals surface area contributed by atoms with Gasteiger partial charge in [-0.25, -0.2) is 4.79 Å². The molecule has 1 atom stereocenters. The molecule has 0 aliphatic carbocycles. The molecule has 150 valence electrons. The number of aryl methyl sites for hydroxylation is 1. The van der Waals surface area contributed by atoms with E-state index in [4.69, 9.17) is 0 Å². The first kappa shape index (κ1) is 18.1. The van der Waals surface area contributed by atoms with Gasteiger partial charge in [0.25, 0.3) is 0 Å². The van der Waals surface area contributed by atoms with Gasteiger partial charge in [-0.2, -0.15) is 5.10 Å². The third-order valence-electron chi connectivity index (χ3n) is 6.17. The van der Waals surface area contributed by atoms with Crippen LogP contribution in [0, 0.1) is 6.92 Å². The molecule has 29 heavy (non-hydrogen) atoms. The monoisotopic (exact) mass is 390 g/mol. The highest BCUT2D eigenvalue weighted by Gasteiger charge is 2.34. The Morgan fingerprint density at radius 3 is 2.86 bits per heavy atom. The molecular weight excluding hydrogens is 364 g/mol. The van der Waals surface area contributed by atoms with Gasteiger partial charge < -0.3 is 10.2 Å². The smallest absolute Gasteiger partial charge is 0.316 e. The molecule has 5 rings (SSSR count). The van der Waals surface area contributed by atoms with Gasteiger partial charge in [0.1, 0.15) is 5.69 Å². The molecule has 2 aliphatic heterocycles. The second kappa shape index (κ2) is 6.84. The molecule has 7 nitrogen and oxygen atoms in total. The summed E-state index contributed by atoms with van der Waals surface area (Å²) in [6, 6.07) is 8.96. The van der Waals surface area contributed by atoms with Crippen molar-refractivity contribution in [3.63, 3.8) is 0 Å². The number of amides is 2. The number of likely N-dealkylation sites (tertiary alicyclic amines) is 1. The van der Waals surface area contributed by atoms with E-state index in [9.17, 15) is 4.79 Å². The molecule has 1 saturated heterocycles. The highest BCUT2D eigenvalue weighted by atomic mass is 16.2. The summed E-state index contributed by atoms with van der Waals surface area (Å²) in [6.45, 7) is 9.03. The van der Waals surface area contributed by atoms with E-state index >= 15 is 0 Å². The van der Waals surface area contributed by atoms with E-state index in [1.807, 2.05) is 36.2 Å². The molecule has 2 N–H and O–H groups in total. The van der Waals surface area contributed by atoms with Gasteiger partial charge in [0.05, 0.1) is 5.52 Å². The number of anilines is 1. The van der Waals surface area contributed by atoms with Gasteiger partial charge in [0.2, 0.25) is 0 Å². The normalized spacial score (nSPS) is 19.8. The summed E-state index contributed by atoms with van der Waals surface area (Å²) in [7, 11) is 0. The fourth-order valence-corrected chi connectivity index (χ4v) is 4.50. The summed E-state index contributed by atoms with van der Waals surface area (Å²) >= 11 is 0. The van der Waals surface area contributed by atoms with Crippen molar-refractivity contribution in [2.24, 2.45) is 0 Å². The van der Waals surface area contributed by atoms with Crippen molar-refractivity contribution in [1.82, 2.24) is 25.0 Å². The van der Waals surface area contributed by atoms with Gasteiger partial charge in [-0.05, 0) is 57.0 Å². The minimum atomic E-state index is -0.00282. The lowest BCUT2D eigenvalue weighted by Crippen LogP contribution is -2.46. The van der Waals surface area contributed by atoms with Crippen LogP contribution in [0.5, 0.6) is 0 Å². The molecule has 1 aromatic carbocycles. The molecule has 2 aromatic heterocycles. The van der Waals surface area contributed by atoms with Gasteiger partial charge in [0, 0.05) is 60.2 Å². The number of pyridine rings is 1. The topological polar surface area (TPSA) is 77.2 Å². The van der Waals surface area contributed by atoms with E-state index in [0.29, 0.717) is 12.6 Å². The molecule has 3 aromatic rings. The van der Waals surface area contributed by atoms with Crippen LogP contribution in [0.4, 0.5) is 10.5 Å². The van der Waals surface area contributed by atoms with E-state index in [1.165, 1.54) is 0 Å². The maximum absolute atomic E-state index is 12.8. The Labute approximate surface area is 170 Å². The summed E-state index contributed by atoms with van der Waals surface area (Å²) in [5.41, 5.74) is 5.86. The lowest BCUT2D eigenvalue weighted by Gasteiger charge is -2.34. The lowest BCUT2D eigenvalue weighted by molar-refractivity contribution is 0.175. The first-order chi connectivity index (χ1) is 14.0. The number of aromatic nitrogens is 3. The van der Waals surface area contributed by atoms with E-state index in [-0.39, 0.29) is 12.1 Å². The Morgan fingerprint density at radius 2 is 2.10 bits per heavy atom. The standard InChI is InChI=1S/C22H26N6O/c1-13(2)27-7-5-17(12-27)28-11-16-9-18-20(10-19(16)24-22(28)29)25-26-21(18)15-4-6-23-14(3)8-15/h4,6,8-10,13,17H,5,7,11-12H2,1-3H3,(H,24,29)(H,25,26)/t17-/m0/s1. The largest absolute Gasteiger partial charge is 0.322 e. The third-order valence-corrected chi connectivity index (χ3v) is 6.17. The molecule has 0 saturated carbocycles. The predicted octanol–water partition coefficient (Wildman–Crippen LogP) is 3.76. The second-order valence-corrected chi connectivity index (χ2v) is 8.40. The van der Waals surface area contributed by atoms with Crippen LogP contribution < -0.4 is 5.32 Å². The quantitative estimate of drug-likeness (QED) is 0.714. The molecule has 1 fully saturated rings. The van der Waals surface area contributed by atoms with Gasteiger partial charge in [0.15, 0.2) is 0 Å². The van der Waals surface area contributed by atoms with Gasteiger partial charge in [-0.15, -0.1) is 0 Å². The average molecular weight is 390 g/mol. The van der Waals surface area contributed by atoms with Crippen LogP contribution in [0.3, 0.4) is 0 Å². The summed E-state index contributed by atoms with van der Waals surface area (Å²) in [6.07, 6.45) is 2.84. The maximum Gasteiger partial charge on any atom is 0.322 e. The minimum Gasteiger partial charge on any atom is -0.316 e. The van der Waals surface area contributed by atoms with Crippen molar-refractivity contribution < 1.29 is 4.79 Å². The van der Waals surface area contributed by atoms with E-state index < -0.39 is 0 Å². The fraction of sp³-hybridized carbons (Fsp3) is 0.409. The number of hydrogen-bond acceptors (Lipinski definition) is 4. The first-order valence-electron chi connectivity index (χ1n) is 10.3. The number of nitrogens with one attached hydrogen (secondary N) is 2. The highest BCUT2D eigenvalue weighted by Crippen LogP contribution is 2.34. The molecule has 0 bridgehead atoms. The van der Waals surface area contributed by atoms with Crippen molar-refractivity contribution in [2.75, 3.05) is 18.4 Å². The number of fused-ring (bicyclic) bond motifs is 2.